The quantitative estimate of drug-likeness (QED) is 0.558. The van der Waals surface area contributed by atoms with Crippen LogP contribution in [-0.4, -0.2) is 30.1 Å². The summed E-state index contributed by atoms with van der Waals surface area (Å²) in [6, 6.07) is 7.46. The predicted octanol–water partition coefficient (Wildman–Crippen LogP) is 3.45. The number of methoxy groups -OCH3 is 1. The van der Waals surface area contributed by atoms with Crippen molar-refractivity contribution in [2.75, 3.05) is 12.0 Å². The first kappa shape index (κ1) is 19.6. The number of halogens is 1. The van der Waals surface area contributed by atoms with Crippen molar-refractivity contribution < 1.29 is 24.2 Å². The molecule has 0 bridgehead atoms. The highest BCUT2D eigenvalue weighted by Crippen LogP contribution is 2.36. The van der Waals surface area contributed by atoms with E-state index in [1.165, 1.54) is 25.3 Å². The summed E-state index contributed by atoms with van der Waals surface area (Å²) in [6.07, 6.45) is 1.34. The van der Waals surface area contributed by atoms with E-state index in [1.54, 1.807) is 19.1 Å². The molecule has 1 aliphatic heterocycles. The van der Waals surface area contributed by atoms with Gasteiger partial charge in [0.05, 0.1) is 17.3 Å². The summed E-state index contributed by atoms with van der Waals surface area (Å²) in [7, 11) is 1.39. The van der Waals surface area contributed by atoms with Crippen molar-refractivity contribution in [3.8, 4) is 11.5 Å². The molecule has 0 aliphatic carbocycles. The number of imide groups is 2. The third kappa shape index (κ3) is 3.38. The molecule has 1 saturated heterocycles. The SMILES string of the molecule is COc1cc(/C=C2\C(=O)NC(=O)N(c3cccc(C)c3C)C2=O)cc(Br)c1O. The van der Waals surface area contributed by atoms with E-state index in [4.69, 9.17) is 4.74 Å². The lowest BCUT2D eigenvalue weighted by Gasteiger charge is -2.28. The Morgan fingerprint density at radius 2 is 1.89 bits per heavy atom. The standard InChI is InChI=1S/C20H17BrN2O5/c1-10-5-4-6-15(11(10)2)23-19(26)13(18(25)22-20(23)27)7-12-8-14(21)17(24)16(9-12)28-3/h4-9,24H,1-3H3,(H,22,25,27)/b13-7+. The maximum absolute atomic E-state index is 13.0. The topological polar surface area (TPSA) is 95.9 Å². The third-order valence-corrected chi connectivity index (χ3v) is 5.10. The molecule has 2 N–H and O–H groups in total. The van der Waals surface area contributed by atoms with Crippen LogP contribution in [0, 0.1) is 13.8 Å². The van der Waals surface area contributed by atoms with Gasteiger partial charge in [-0.1, -0.05) is 12.1 Å². The van der Waals surface area contributed by atoms with Crippen LogP contribution in [0.2, 0.25) is 0 Å². The molecule has 0 aromatic heterocycles. The number of anilines is 1. The summed E-state index contributed by atoms with van der Waals surface area (Å²) in [5.41, 5.74) is 2.31. The number of hydrogen-bond acceptors (Lipinski definition) is 5. The number of rotatable bonds is 3. The zero-order chi connectivity index (χ0) is 20.6. The molecule has 0 radical (unpaired) electrons. The minimum atomic E-state index is -0.801. The van der Waals surface area contributed by atoms with E-state index in [-0.39, 0.29) is 17.1 Å². The van der Waals surface area contributed by atoms with Crippen LogP contribution in [0.3, 0.4) is 0 Å². The monoisotopic (exact) mass is 444 g/mol. The minimum absolute atomic E-state index is 0.101. The molecule has 0 unspecified atom stereocenters. The number of carbonyl (C=O) groups is 3. The van der Waals surface area contributed by atoms with Crippen molar-refractivity contribution in [3.05, 3.63) is 57.1 Å². The van der Waals surface area contributed by atoms with Gasteiger partial charge in [-0.3, -0.25) is 14.9 Å². The highest BCUT2D eigenvalue weighted by molar-refractivity contribution is 9.10. The van der Waals surface area contributed by atoms with Gasteiger partial charge in [0.15, 0.2) is 11.5 Å². The van der Waals surface area contributed by atoms with Crippen LogP contribution >= 0.6 is 15.9 Å². The summed E-state index contributed by atoms with van der Waals surface area (Å²) >= 11 is 3.20. The van der Waals surface area contributed by atoms with Crippen LogP contribution in [0.1, 0.15) is 16.7 Å². The van der Waals surface area contributed by atoms with Crippen molar-refractivity contribution in [2.24, 2.45) is 0 Å². The Morgan fingerprint density at radius 1 is 1.18 bits per heavy atom. The number of carbonyl (C=O) groups excluding carboxylic acids is 3. The van der Waals surface area contributed by atoms with E-state index < -0.39 is 17.8 Å². The molecule has 28 heavy (non-hydrogen) atoms. The minimum Gasteiger partial charge on any atom is -0.503 e. The van der Waals surface area contributed by atoms with E-state index in [9.17, 15) is 19.5 Å². The fourth-order valence-electron chi connectivity index (χ4n) is 2.85. The number of phenolic OH excluding ortho intramolecular Hbond substituents is 1. The second kappa shape index (κ2) is 7.47. The number of urea groups is 1. The molecular weight excluding hydrogens is 428 g/mol. The van der Waals surface area contributed by atoms with Gasteiger partial charge in [0.1, 0.15) is 5.57 Å². The number of barbiturate groups is 1. The summed E-state index contributed by atoms with van der Waals surface area (Å²) in [5, 5.41) is 12.1. The van der Waals surface area contributed by atoms with Crippen LogP contribution < -0.4 is 15.0 Å². The maximum Gasteiger partial charge on any atom is 0.335 e. The zero-order valence-corrected chi connectivity index (χ0v) is 17.0. The number of aromatic hydroxyl groups is 1. The van der Waals surface area contributed by atoms with Gasteiger partial charge in [-0.2, -0.15) is 0 Å². The second-order valence-electron chi connectivity index (χ2n) is 6.23. The van der Waals surface area contributed by atoms with Gasteiger partial charge < -0.3 is 9.84 Å². The number of nitrogens with one attached hydrogen (secondary N) is 1. The number of nitrogens with zero attached hydrogens (tertiary/aromatic N) is 1. The van der Waals surface area contributed by atoms with E-state index in [2.05, 4.69) is 21.2 Å². The lowest BCUT2D eigenvalue weighted by atomic mass is 10.0. The lowest BCUT2D eigenvalue weighted by molar-refractivity contribution is -0.122. The van der Waals surface area contributed by atoms with Crippen molar-refractivity contribution in [3.63, 3.8) is 0 Å². The van der Waals surface area contributed by atoms with Crippen molar-refractivity contribution >= 4 is 45.5 Å². The molecule has 0 saturated carbocycles. The first-order chi connectivity index (χ1) is 13.2. The Kier molecular flexibility index (Phi) is 5.24. The van der Waals surface area contributed by atoms with Crippen LogP contribution in [-0.2, 0) is 9.59 Å². The summed E-state index contributed by atoms with van der Waals surface area (Å²) in [5.74, 6) is -1.45. The Morgan fingerprint density at radius 3 is 2.57 bits per heavy atom. The van der Waals surface area contributed by atoms with Crippen LogP contribution in [0.4, 0.5) is 10.5 Å². The molecule has 4 amide bonds. The molecule has 1 heterocycles. The van der Waals surface area contributed by atoms with E-state index in [1.807, 2.05) is 13.0 Å². The second-order valence-corrected chi connectivity index (χ2v) is 7.08. The number of phenols is 1. The number of aryl methyl sites for hydroxylation is 1. The fraction of sp³-hybridized carbons (Fsp3) is 0.150. The number of hydrogen-bond donors (Lipinski definition) is 2. The number of benzene rings is 2. The van der Waals surface area contributed by atoms with E-state index in [0.29, 0.717) is 15.7 Å². The van der Waals surface area contributed by atoms with Crippen LogP contribution in [0.25, 0.3) is 6.08 Å². The first-order valence-corrected chi connectivity index (χ1v) is 9.08. The molecular formula is C20H17BrN2O5. The van der Waals surface area contributed by atoms with Gasteiger partial charge in [-0.15, -0.1) is 0 Å². The van der Waals surface area contributed by atoms with E-state index >= 15 is 0 Å². The lowest BCUT2D eigenvalue weighted by Crippen LogP contribution is -2.54. The van der Waals surface area contributed by atoms with Crippen molar-refractivity contribution in [2.45, 2.75) is 13.8 Å². The molecule has 0 atom stereocenters. The summed E-state index contributed by atoms with van der Waals surface area (Å²) < 4.78 is 5.42. The molecule has 0 spiro atoms. The summed E-state index contributed by atoms with van der Waals surface area (Å²) in [6.45, 7) is 3.67. The average Bonchev–Trinajstić information content (AvgIpc) is 2.64. The number of amides is 4. The first-order valence-electron chi connectivity index (χ1n) is 8.28. The highest BCUT2D eigenvalue weighted by Gasteiger charge is 2.37. The maximum atomic E-state index is 13.0. The zero-order valence-electron chi connectivity index (χ0n) is 15.4. The Bertz CT molecular complexity index is 1050. The van der Waals surface area contributed by atoms with Crippen molar-refractivity contribution in [1.29, 1.82) is 0 Å². The van der Waals surface area contributed by atoms with Gasteiger partial charge in [0.25, 0.3) is 11.8 Å². The Hall–Kier alpha value is -3.13. The summed E-state index contributed by atoms with van der Waals surface area (Å²) in [4.78, 5) is 38.6. The smallest absolute Gasteiger partial charge is 0.335 e. The molecule has 7 nitrogen and oxygen atoms in total. The molecule has 2 aromatic rings. The Balaban J connectivity index is 2.09. The predicted molar refractivity (Wildman–Crippen MR) is 107 cm³/mol. The molecule has 2 aromatic carbocycles. The molecule has 1 fully saturated rings. The Labute approximate surface area is 169 Å². The van der Waals surface area contributed by atoms with Gasteiger partial charge in [-0.05, 0) is 70.7 Å². The number of ether oxygens (including phenoxy) is 1. The third-order valence-electron chi connectivity index (χ3n) is 4.50. The molecule has 8 heteroatoms. The van der Waals surface area contributed by atoms with Crippen molar-refractivity contribution in [1.82, 2.24) is 5.32 Å². The van der Waals surface area contributed by atoms with Crippen LogP contribution in [0.5, 0.6) is 11.5 Å². The highest BCUT2D eigenvalue weighted by atomic mass is 79.9. The molecule has 1 aliphatic rings. The average molecular weight is 445 g/mol. The van der Waals surface area contributed by atoms with Crippen LogP contribution in [0.15, 0.2) is 40.4 Å². The van der Waals surface area contributed by atoms with Gasteiger partial charge in [0, 0.05) is 0 Å². The van der Waals surface area contributed by atoms with Gasteiger partial charge >= 0.3 is 6.03 Å². The van der Waals surface area contributed by atoms with E-state index in [0.717, 1.165) is 16.0 Å². The van der Waals surface area contributed by atoms with Gasteiger partial charge in [-0.25, -0.2) is 9.69 Å². The van der Waals surface area contributed by atoms with Gasteiger partial charge in [0.2, 0.25) is 0 Å². The molecule has 144 valence electrons. The molecule has 3 rings (SSSR count). The largest absolute Gasteiger partial charge is 0.503 e. The normalized spacial score (nSPS) is 15.8. The fourth-order valence-corrected chi connectivity index (χ4v) is 3.31.